The molecule has 1 aliphatic carbocycles. The van der Waals surface area contributed by atoms with Crippen molar-refractivity contribution in [1.29, 1.82) is 0 Å². The van der Waals surface area contributed by atoms with Crippen LogP contribution in [0.2, 0.25) is 0 Å². The van der Waals surface area contributed by atoms with Gasteiger partial charge in [-0.2, -0.15) is 0 Å². The lowest BCUT2D eigenvalue weighted by molar-refractivity contribution is -0.153. The van der Waals surface area contributed by atoms with Crippen molar-refractivity contribution in [2.24, 2.45) is 17.8 Å². The fraction of sp³-hybridized carbons (Fsp3) is 0.600. The van der Waals surface area contributed by atoms with E-state index in [1.807, 2.05) is 61.2 Å². The molecule has 5 aliphatic rings. The first-order valence-corrected chi connectivity index (χ1v) is 16.5. The summed E-state index contributed by atoms with van der Waals surface area (Å²) in [6.45, 7) is 3.88. The molecule has 2 saturated heterocycles. The number of nitrogens with one attached hydrogen (secondary N) is 1. The summed E-state index contributed by atoms with van der Waals surface area (Å²) in [6, 6.07) is 7.06. The van der Waals surface area contributed by atoms with Gasteiger partial charge < -0.3 is 29.7 Å². The smallest absolute Gasteiger partial charge is 0.306 e. The zero-order valence-corrected chi connectivity index (χ0v) is 26.2. The van der Waals surface area contributed by atoms with Crippen molar-refractivity contribution < 1.29 is 33.8 Å². The lowest BCUT2D eigenvalue weighted by Gasteiger charge is -2.42. The molecule has 1 spiro atoms. The van der Waals surface area contributed by atoms with Gasteiger partial charge in [-0.05, 0) is 30.7 Å². The second-order valence-corrected chi connectivity index (χ2v) is 13.4. The van der Waals surface area contributed by atoms with Gasteiger partial charge in [0.25, 0.3) is 0 Å². The number of hydrogen-bond donors (Lipinski definition) is 2. The van der Waals surface area contributed by atoms with Crippen LogP contribution in [0.15, 0.2) is 54.6 Å². The van der Waals surface area contributed by atoms with E-state index < -0.39 is 47.6 Å². The lowest BCUT2D eigenvalue weighted by Crippen LogP contribution is -2.60. The Balaban J connectivity index is 1.44. The van der Waals surface area contributed by atoms with E-state index in [4.69, 9.17) is 9.47 Å². The molecule has 4 aliphatic heterocycles. The molecular formula is C35H45N3O7. The van der Waals surface area contributed by atoms with Crippen LogP contribution < -0.4 is 5.32 Å². The van der Waals surface area contributed by atoms with Gasteiger partial charge in [-0.1, -0.05) is 87.7 Å². The van der Waals surface area contributed by atoms with Crippen LogP contribution >= 0.6 is 0 Å². The highest BCUT2D eigenvalue weighted by Crippen LogP contribution is 2.54. The third-order valence-corrected chi connectivity index (χ3v) is 10.4. The van der Waals surface area contributed by atoms with Crippen molar-refractivity contribution in [2.75, 3.05) is 19.8 Å². The highest BCUT2D eigenvalue weighted by atomic mass is 16.5. The molecule has 0 unspecified atom stereocenters. The first kappa shape index (κ1) is 31.5. The van der Waals surface area contributed by atoms with E-state index in [1.54, 1.807) is 17.1 Å². The first-order chi connectivity index (χ1) is 21.8. The van der Waals surface area contributed by atoms with Crippen molar-refractivity contribution in [2.45, 2.75) is 94.7 Å². The average molecular weight is 620 g/mol. The van der Waals surface area contributed by atoms with Gasteiger partial charge in [0.2, 0.25) is 17.7 Å². The second kappa shape index (κ2) is 13.1. The lowest BCUT2D eigenvalue weighted by atomic mass is 9.77. The zero-order valence-electron chi connectivity index (χ0n) is 26.2. The van der Waals surface area contributed by atoms with Crippen LogP contribution in [0.1, 0.15) is 70.4 Å². The molecular weight excluding hydrogens is 574 g/mol. The molecule has 0 bridgehead atoms. The predicted molar refractivity (Wildman–Crippen MR) is 165 cm³/mol. The van der Waals surface area contributed by atoms with Gasteiger partial charge >= 0.3 is 5.97 Å². The van der Waals surface area contributed by atoms with Crippen molar-refractivity contribution >= 4 is 23.7 Å². The number of benzene rings is 1. The van der Waals surface area contributed by atoms with E-state index in [-0.39, 0.29) is 49.4 Å². The summed E-state index contributed by atoms with van der Waals surface area (Å²) in [4.78, 5) is 59.7. The Morgan fingerprint density at radius 3 is 2.49 bits per heavy atom. The van der Waals surface area contributed by atoms with Crippen molar-refractivity contribution in [3.05, 3.63) is 60.2 Å². The van der Waals surface area contributed by atoms with E-state index >= 15 is 0 Å². The fourth-order valence-electron chi connectivity index (χ4n) is 8.09. The van der Waals surface area contributed by atoms with Gasteiger partial charge in [-0.15, -0.1) is 0 Å². The Hall–Kier alpha value is -3.50. The maximum Gasteiger partial charge on any atom is 0.306 e. The second-order valence-electron chi connectivity index (χ2n) is 13.4. The maximum absolute atomic E-state index is 14.7. The number of esters is 1. The SMILES string of the molecule is CC(C)[C@H](CO)N1C(=O)[C@H]2[C@@H]3C(=O)N[C@@H](c4ccccc4)COC(=O)CC/C=C\[C@@H]3O[C@]23C=CCN(C2CCCCC2)C(=O)[C@H]13. The topological polar surface area (TPSA) is 125 Å². The average Bonchev–Trinajstić information content (AvgIpc) is 3.42. The number of fused-ring (bicyclic) bond motifs is 2. The highest BCUT2D eigenvalue weighted by molar-refractivity contribution is 6.00. The van der Waals surface area contributed by atoms with Crippen LogP contribution in [-0.4, -0.2) is 88.2 Å². The van der Waals surface area contributed by atoms with Gasteiger partial charge in [0.05, 0.1) is 36.6 Å². The van der Waals surface area contributed by atoms with Crippen LogP contribution in [0.4, 0.5) is 0 Å². The summed E-state index contributed by atoms with van der Waals surface area (Å²) in [6.07, 6.45) is 12.1. The summed E-state index contributed by atoms with van der Waals surface area (Å²) in [5, 5.41) is 13.6. The van der Waals surface area contributed by atoms with Crippen LogP contribution in [0.25, 0.3) is 0 Å². The van der Waals surface area contributed by atoms with Crippen LogP contribution in [0, 0.1) is 17.8 Å². The zero-order chi connectivity index (χ0) is 31.7. The van der Waals surface area contributed by atoms with Gasteiger partial charge in [0.15, 0.2) is 0 Å². The van der Waals surface area contributed by atoms with Gasteiger partial charge in [-0.25, -0.2) is 0 Å². The van der Waals surface area contributed by atoms with Gasteiger partial charge in [0.1, 0.15) is 18.2 Å². The predicted octanol–water partition coefficient (Wildman–Crippen LogP) is 3.07. The first-order valence-electron chi connectivity index (χ1n) is 16.5. The van der Waals surface area contributed by atoms with E-state index in [0.29, 0.717) is 13.0 Å². The number of allylic oxidation sites excluding steroid dienone is 1. The molecule has 3 fully saturated rings. The van der Waals surface area contributed by atoms with E-state index in [2.05, 4.69) is 5.32 Å². The van der Waals surface area contributed by atoms with Crippen LogP contribution in [0.5, 0.6) is 0 Å². The number of aliphatic hydroxyl groups excluding tert-OH is 1. The molecule has 6 rings (SSSR count). The normalized spacial score (nSPS) is 34.2. The number of hydrogen-bond acceptors (Lipinski definition) is 7. The monoisotopic (exact) mass is 619 g/mol. The number of cyclic esters (lactones) is 1. The molecule has 45 heavy (non-hydrogen) atoms. The summed E-state index contributed by atoms with van der Waals surface area (Å²) >= 11 is 0. The molecule has 10 nitrogen and oxygen atoms in total. The number of rotatable bonds is 5. The van der Waals surface area contributed by atoms with Crippen LogP contribution in [-0.2, 0) is 28.7 Å². The molecule has 7 atom stereocenters. The molecule has 4 heterocycles. The third-order valence-electron chi connectivity index (χ3n) is 10.4. The highest BCUT2D eigenvalue weighted by Gasteiger charge is 2.72. The van der Waals surface area contributed by atoms with Crippen molar-refractivity contribution in [1.82, 2.24) is 15.1 Å². The third kappa shape index (κ3) is 5.71. The standard InChI is InChI=1S/C35H45N3O7/c1-22(2)26(20-39)38-31-34(43)37(24-14-7-4-8-15-24)19-11-18-35(31)30(33(38)42)29-27(45-35)16-9-10-17-28(40)44-21-25(36-32(29)41)23-12-5-3-6-13-23/h3,5-6,9,11-13,16,18,22,24-27,29-31,39H,4,7-8,10,14-15,17,19-21H2,1-2H3,(H,36,41)/b16-9-/t25-,26+,27+,29-,30-,31+,35-/m1/s1. The quantitative estimate of drug-likeness (QED) is 0.383. The number of carbonyl (C=O) groups is 4. The largest absolute Gasteiger partial charge is 0.463 e. The number of carbonyl (C=O) groups excluding carboxylic acids is 4. The molecule has 1 saturated carbocycles. The van der Waals surface area contributed by atoms with Crippen LogP contribution in [0.3, 0.4) is 0 Å². The number of amides is 3. The number of likely N-dealkylation sites (tertiary alicyclic amines) is 1. The molecule has 0 radical (unpaired) electrons. The van der Waals surface area contributed by atoms with E-state index in [9.17, 15) is 24.3 Å². The summed E-state index contributed by atoms with van der Waals surface area (Å²) in [5.41, 5.74) is -0.632. The van der Waals surface area contributed by atoms with E-state index in [0.717, 1.165) is 37.7 Å². The van der Waals surface area contributed by atoms with Gasteiger partial charge in [0, 0.05) is 19.0 Å². The number of ether oxygens (including phenoxy) is 2. The summed E-state index contributed by atoms with van der Waals surface area (Å²) in [7, 11) is 0. The molecule has 2 N–H and O–H groups in total. The molecule has 1 aromatic carbocycles. The minimum Gasteiger partial charge on any atom is -0.463 e. The number of aliphatic hydroxyl groups is 1. The van der Waals surface area contributed by atoms with Gasteiger partial charge in [-0.3, -0.25) is 19.2 Å². The van der Waals surface area contributed by atoms with Crippen molar-refractivity contribution in [3.63, 3.8) is 0 Å². The minimum absolute atomic E-state index is 0.0519. The summed E-state index contributed by atoms with van der Waals surface area (Å²) in [5.74, 6) is -3.41. The molecule has 1 aromatic rings. The number of nitrogens with zero attached hydrogens (tertiary/aromatic N) is 2. The summed E-state index contributed by atoms with van der Waals surface area (Å²) < 4.78 is 12.4. The molecule has 242 valence electrons. The molecule has 10 heteroatoms. The van der Waals surface area contributed by atoms with Crippen molar-refractivity contribution in [3.8, 4) is 0 Å². The van der Waals surface area contributed by atoms with E-state index in [1.165, 1.54) is 0 Å². The molecule has 0 aromatic heterocycles. The Kier molecular flexibility index (Phi) is 9.15. The molecule has 3 amide bonds. The Labute approximate surface area is 264 Å². The minimum atomic E-state index is -1.40. The Morgan fingerprint density at radius 1 is 1.02 bits per heavy atom. The Morgan fingerprint density at radius 2 is 1.78 bits per heavy atom. The maximum atomic E-state index is 14.7. The fourth-order valence-corrected chi connectivity index (χ4v) is 8.09. The Bertz CT molecular complexity index is 1340.